The lowest BCUT2D eigenvalue weighted by Gasteiger charge is -2.12. The van der Waals surface area contributed by atoms with Gasteiger partial charge in [0.1, 0.15) is 12.3 Å². The van der Waals surface area contributed by atoms with Gasteiger partial charge in [-0.25, -0.2) is 9.59 Å². The number of nitrogens with zero attached hydrogens (tertiary/aromatic N) is 1. The molecule has 6 nitrogen and oxygen atoms in total. The van der Waals surface area contributed by atoms with Crippen LogP contribution in [0.5, 0.6) is 0 Å². The lowest BCUT2D eigenvalue weighted by molar-refractivity contribution is 0.0285. The van der Waals surface area contributed by atoms with E-state index in [-0.39, 0.29) is 13.2 Å². The lowest BCUT2D eigenvalue weighted by atomic mass is 10.2. The number of ether oxygens (including phenoxy) is 2. The van der Waals surface area contributed by atoms with Gasteiger partial charge in [-0.3, -0.25) is 0 Å². The third kappa shape index (κ3) is 3.78. The highest BCUT2D eigenvalue weighted by Gasteiger charge is 2.28. The van der Waals surface area contributed by atoms with Crippen molar-refractivity contribution in [1.29, 1.82) is 0 Å². The normalized spacial score (nSPS) is 16.0. The van der Waals surface area contributed by atoms with E-state index < -0.39 is 18.0 Å². The van der Waals surface area contributed by atoms with E-state index in [4.69, 9.17) is 14.3 Å². The summed E-state index contributed by atoms with van der Waals surface area (Å²) in [5.74, 6) is -0.952. The quantitative estimate of drug-likeness (QED) is 0.790. The standard InChI is InChI=1S/C18H15NO5/c20-17(13-7-3-1-4-8-13)22-11-15-16(12-23-19-15)24-18(21)14-9-5-2-6-10-14/h1-10,16H,11-12H2. The molecule has 0 saturated carbocycles. The van der Waals surface area contributed by atoms with E-state index in [0.29, 0.717) is 16.8 Å². The maximum absolute atomic E-state index is 12.1. The average molecular weight is 325 g/mol. The summed E-state index contributed by atoms with van der Waals surface area (Å²) in [7, 11) is 0. The minimum Gasteiger partial charge on any atom is -0.456 e. The van der Waals surface area contributed by atoms with Crippen LogP contribution in [0, 0.1) is 0 Å². The van der Waals surface area contributed by atoms with Crippen molar-refractivity contribution in [1.82, 2.24) is 0 Å². The first-order valence-electron chi connectivity index (χ1n) is 7.41. The number of esters is 2. The molecule has 1 aliphatic rings. The molecular weight excluding hydrogens is 310 g/mol. The van der Waals surface area contributed by atoms with Gasteiger partial charge in [-0.15, -0.1) is 0 Å². The van der Waals surface area contributed by atoms with Gasteiger partial charge in [-0.1, -0.05) is 41.6 Å². The molecule has 1 unspecified atom stereocenters. The Labute approximate surface area is 138 Å². The van der Waals surface area contributed by atoms with Gasteiger partial charge >= 0.3 is 11.9 Å². The molecule has 122 valence electrons. The van der Waals surface area contributed by atoms with Crippen LogP contribution in [0.1, 0.15) is 20.7 Å². The van der Waals surface area contributed by atoms with E-state index in [0.717, 1.165) is 0 Å². The first kappa shape index (κ1) is 15.7. The summed E-state index contributed by atoms with van der Waals surface area (Å²) < 4.78 is 10.6. The van der Waals surface area contributed by atoms with Crippen molar-refractivity contribution in [2.75, 3.05) is 13.2 Å². The van der Waals surface area contributed by atoms with Gasteiger partial charge in [0, 0.05) is 0 Å². The van der Waals surface area contributed by atoms with Crippen molar-refractivity contribution in [3.63, 3.8) is 0 Å². The predicted octanol–water partition coefficient (Wildman–Crippen LogP) is 2.46. The molecule has 24 heavy (non-hydrogen) atoms. The number of hydrogen-bond acceptors (Lipinski definition) is 6. The van der Waals surface area contributed by atoms with Crippen molar-refractivity contribution in [2.24, 2.45) is 5.16 Å². The van der Waals surface area contributed by atoms with Crippen molar-refractivity contribution in [2.45, 2.75) is 6.10 Å². The number of carbonyl (C=O) groups is 2. The molecule has 0 bridgehead atoms. The van der Waals surface area contributed by atoms with Crippen LogP contribution in [0.3, 0.4) is 0 Å². The number of carbonyl (C=O) groups excluding carboxylic acids is 2. The molecule has 0 radical (unpaired) electrons. The highest BCUT2D eigenvalue weighted by molar-refractivity contribution is 5.97. The fraction of sp³-hybridized carbons (Fsp3) is 0.167. The first-order chi connectivity index (χ1) is 11.7. The van der Waals surface area contributed by atoms with Gasteiger partial charge < -0.3 is 14.3 Å². The fourth-order valence-corrected chi connectivity index (χ4v) is 2.13. The molecule has 3 rings (SSSR count). The third-order valence-corrected chi connectivity index (χ3v) is 3.40. The zero-order valence-electron chi connectivity index (χ0n) is 12.8. The maximum Gasteiger partial charge on any atom is 0.338 e. The van der Waals surface area contributed by atoms with E-state index in [1.165, 1.54) is 0 Å². The summed E-state index contributed by atoms with van der Waals surface area (Å²) >= 11 is 0. The summed E-state index contributed by atoms with van der Waals surface area (Å²) in [5, 5.41) is 3.79. The van der Waals surface area contributed by atoms with Crippen LogP contribution in [-0.2, 0) is 14.3 Å². The summed E-state index contributed by atoms with van der Waals surface area (Å²) in [6.45, 7) is 0.0112. The zero-order chi connectivity index (χ0) is 16.8. The largest absolute Gasteiger partial charge is 0.456 e. The number of hydrogen-bond donors (Lipinski definition) is 0. The van der Waals surface area contributed by atoms with Gasteiger partial charge in [-0.05, 0) is 24.3 Å². The highest BCUT2D eigenvalue weighted by Crippen LogP contribution is 2.12. The van der Waals surface area contributed by atoms with E-state index >= 15 is 0 Å². The van der Waals surface area contributed by atoms with Crippen LogP contribution in [0.15, 0.2) is 65.8 Å². The molecule has 2 aromatic rings. The van der Waals surface area contributed by atoms with Crippen LogP contribution in [0.2, 0.25) is 0 Å². The molecular formula is C18H15NO5. The summed E-state index contributed by atoms with van der Waals surface area (Å²) in [6, 6.07) is 17.2. The molecule has 0 saturated heterocycles. The van der Waals surface area contributed by atoms with Gasteiger partial charge in [0.25, 0.3) is 0 Å². The van der Waals surface area contributed by atoms with Crippen LogP contribution >= 0.6 is 0 Å². The van der Waals surface area contributed by atoms with Gasteiger partial charge in [-0.2, -0.15) is 0 Å². The Kier molecular flexibility index (Phi) is 4.86. The Hall–Kier alpha value is -3.15. The molecule has 1 atom stereocenters. The van der Waals surface area contributed by atoms with Crippen molar-refractivity contribution < 1.29 is 23.9 Å². The minimum atomic E-state index is -0.665. The Morgan fingerprint density at radius 2 is 1.54 bits per heavy atom. The Bertz CT molecular complexity index is 743. The van der Waals surface area contributed by atoms with Crippen LogP contribution in [-0.4, -0.2) is 37.0 Å². The van der Waals surface area contributed by atoms with E-state index in [9.17, 15) is 9.59 Å². The molecule has 0 fully saturated rings. The molecule has 2 aromatic carbocycles. The minimum absolute atomic E-state index is 0.0968. The maximum atomic E-state index is 12.1. The molecule has 0 spiro atoms. The molecule has 6 heteroatoms. The van der Waals surface area contributed by atoms with Crippen LogP contribution in [0.4, 0.5) is 0 Å². The molecule has 1 heterocycles. The van der Waals surface area contributed by atoms with E-state index in [2.05, 4.69) is 5.16 Å². The molecule has 0 N–H and O–H groups in total. The summed E-state index contributed by atoms with van der Waals surface area (Å²) in [6.07, 6.45) is -0.665. The van der Waals surface area contributed by atoms with Crippen LogP contribution < -0.4 is 0 Å². The number of oxime groups is 1. The lowest BCUT2D eigenvalue weighted by Crippen LogP contribution is -2.30. The van der Waals surface area contributed by atoms with Gasteiger partial charge in [0.15, 0.2) is 12.7 Å². The summed E-state index contributed by atoms with van der Waals surface area (Å²) in [4.78, 5) is 29.0. The molecule has 0 aliphatic carbocycles. The Balaban J connectivity index is 1.56. The second-order valence-corrected chi connectivity index (χ2v) is 5.08. The number of benzene rings is 2. The molecule has 0 amide bonds. The highest BCUT2D eigenvalue weighted by atomic mass is 16.7. The second-order valence-electron chi connectivity index (χ2n) is 5.08. The van der Waals surface area contributed by atoms with Crippen molar-refractivity contribution in [3.05, 3.63) is 71.8 Å². The Morgan fingerprint density at radius 3 is 2.17 bits per heavy atom. The topological polar surface area (TPSA) is 74.2 Å². The number of rotatable bonds is 5. The smallest absolute Gasteiger partial charge is 0.338 e. The SMILES string of the molecule is O=C(OCC1=NOCC1OC(=O)c1ccccc1)c1ccccc1. The molecule has 1 aliphatic heterocycles. The zero-order valence-corrected chi connectivity index (χ0v) is 12.8. The first-order valence-corrected chi connectivity index (χ1v) is 7.41. The van der Waals surface area contributed by atoms with E-state index in [1.54, 1.807) is 48.5 Å². The fourth-order valence-electron chi connectivity index (χ4n) is 2.13. The van der Waals surface area contributed by atoms with Gasteiger partial charge in [0.2, 0.25) is 0 Å². The Morgan fingerprint density at radius 1 is 0.958 bits per heavy atom. The third-order valence-electron chi connectivity index (χ3n) is 3.40. The van der Waals surface area contributed by atoms with Gasteiger partial charge in [0.05, 0.1) is 11.1 Å². The monoisotopic (exact) mass is 325 g/mol. The average Bonchev–Trinajstić information content (AvgIpc) is 3.08. The summed E-state index contributed by atoms with van der Waals surface area (Å²) in [5.41, 5.74) is 1.24. The van der Waals surface area contributed by atoms with Crippen molar-refractivity contribution >= 4 is 17.7 Å². The molecule has 0 aromatic heterocycles. The van der Waals surface area contributed by atoms with Crippen molar-refractivity contribution in [3.8, 4) is 0 Å². The second kappa shape index (κ2) is 7.41. The van der Waals surface area contributed by atoms with Crippen LogP contribution in [0.25, 0.3) is 0 Å². The predicted molar refractivity (Wildman–Crippen MR) is 85.8 cm³/mol. The van der Waals surface area contributed by atoms with E-state index in [1.807, 2.05) is 12.1 Å².